The Bertz CT molecular complexity index is 1450. The standard InChI is InChI=1S/C33H32F3N3O/c1-37-29-19-24(13-14-28(29)36)27-12-7-15-38-32(27)30(18-21-16-25(34)20-26(35)17-21)39-33(40)31(23-10-5-6-11-23)22-8-3-2-4-9-22/h2-4,7-9,12-17,19-20,23,30-31,37H,5-6,10-11,18H2,1H3,(H,39,40)/t30-,31?/m0/s1. The lowest BCUT2D eigenvalue weighted by Crippen LogP contribution is -2.37. The van der Waals surface area contributed by atoms with Crippen LogP contribution < -0.4 is 10.6 Å². The quantitative estimate of drug-likeness (QED) is 0.229. The summed E-state index contributed by atoms with van der Waals surface area (Å²) < 4.78 is 42.6. The fourth-order valence-electron chi connectivity index (χ4n) is 5.85. The molecule has 1 aliphatic rings. The molecule has 2 N–H and O–H groups in total. The van der Waals surface area contributed by atoms with Crippen LogP contribution in [0, 0.1) is 23.4 Å². The number of hydrogen-bond acceptors (Lipinski definition) is 3. The minimum absolute atomic E-state index is 0.122. The number of nitrogens with one attached hydrogen (secondary N) is 2. The van der Waals surface area contributed by atoms with Crippen LogP contribution in [-0.2, 0) is 11.2 Å². The second-order valence-electron chi connectivity index (χ2n) is 10.4. The number of halogens is 3. The third kappa shape index (κ3) is 6.19. The van der Waals surface area contributed by atoms with Gasteiger partial charge in [0.05, 0.1) is 23.3 Å². The van der Waals surface area contributed by atoms with Crippen molar-refractivity contribution in [2.45, 2.75) is 44.1 Å². The highest BCUT2D eigenvalue weighted by atomic mass is 19.1. The highest BCUT2D eigenvalue weighted by Gasteiger charge is 2.34. The lowest BCUT2D eigenvalue weighted by atomic mass is 9.83. The second kappa shape index (κ2) is 12.4. The SMILES string of the molecule is CNc1cc(-c2cccnc2[C@H](Cc2cc(F)cc(F)c2)NC(=O)C(c2ccccc2)C2CCCC2)ccc1F. The summed E-state index contributed by atoms with van der Waals surface area (Å²) >= 11 is 0. The molecule has 0 radical (unpaired) electrons. The van der Waals surface area contributed by atoms with E-state index in [1.54, 1.807) is 31.4 Å². The summed E-state index contributed by atoms with van der Waals surface area (Å²) in [6, 6.07) is 20.8. The summed E-state index contributed by atoms with van der Waals surface area (Å²) in [5, 5.41) is 6.06. The summed E-state index contributed by atoms with van der Waals surface area (Å²) in [5.41, 5.74) is 3.59. The predicted octanol–water partition coefficient (Wildman–Crippen LogP) is 7.58. The monoisotopic (exact) mass is 543 g/mol. The van der Waals surface area contributed by atoms with Crippen LogP contribution in [0.2, 0.25) is 0 Å². The molecule has 7 heteroatoms. The number of benzene rings is 3. The number of anilines is 1. The Morgan fingerprint density at radius 1 is 0.925 bits per heavy atom. The van der Waals surface area contributed by atoms with Gasteiger partial charge in [-0.05, 0) is 72.2 Å². The zero-order valence-electron chi connectivity index (χ0n) is 22.3. The third-order valence-corrected chi connectivity index (χ3v) is 7.71. The molecule has 0 bridgehead atoms. The molecule has 40 heavy (non-hydrogen) atoms. The number of amides is 1. The fraction of sp³-hybridized carbons (Fsp3) is 0.273. The van der Waals surface area contributed by atoms with Gasteiger partial charge in [0.15, 0.2) is 0 Å². The largest absolute Gasteiger partial charge is 0.386 e. The first-order chi connectivity index (χ1) is 19.4. The van der Waals surface area contributed by atoms with Crippen molar-refractivity contribution in [3.8, 4) is 11.1 Å². The Morgan fingerprint density at radius 3 is 2.35 bits per heavy atom. The van der Waals surface area contributed by atoms with Crippen LogP contribution >= 0.6 is 0 Å². The van der Waals surface area contributed by atoms with Gasteiger partial charge in [0, 0.05) is 24.9 Å². The molecule has 4 nitrogen and oxygen atoms in total. The lowest BCUT2D eigenvalue weighted by Gasteiger charge is -2.27. The summed E-state index contributed by atoms with van der Waals surface area (Å²) in [4.78, 5) is 18.7. The van der Waals surface area contributed by atoms with Crippen LogP contribution in [-0.4, -0.2) is 17.9 Å². The fourth-order valence-corrected chi connectivity index (χ4v) is 5.85. The van der Waals surface area contributed by atoms with Crippen molar-refractivity contribution < 1.29 is 18.0 Å². The molecule has 1 heterocycles. The first-order valence-corrected chi connectivity index (χ1v) is 13.7. The molecule has 4 aromatic rings. The van der Waals surface area contributed by atoms with E-state index in [0.29, 0.717) is 28.1 Å². The van der Waals surface area contributed by atoms with Crippen LogP contribution in [0.25, 0.3) is 11.1 Å². The summed E-state index contributed by atoms with van der Waals surface area (Å²) in [7, 11) is 1.64. The van der Waals surface area contributed by atoms with Gasteiger partial charge in [-0.1, -0.05) is 55.3 Å². The molecule has 0 saturated heterocycles. The first kappa shape index (κ1) is 27.4. The van der Waals surface area contributed by atoms with Crippen LogP contribution in [0.4, 0.5) is 18.9 Å². The van der Waals surface area contributed by atoms with Crippen LogP contribution in [0.1, 0.15) is 54.5 Å². The maximum atomic E-state index is 14.3. The molecule has 1 saturated carbocycles. The molecule has 1 aliphatic carbocycles. The van der Waals surface area contributed by atoms with Gasteiger partial charge >= 0.3 is 0 Å². The molecule has 3 aromatic carbocycles. The van der Waals surface area contributed by atoms with Crippen molar-refractivity contribution in [2.75, 3.05) is 12.4 Å². The van der Waals surface area contributed by atoms with E-state index in [4.69, 9.17) is 0 Å². The van der Waals surface area contributed by atoms with Gasteiger partial charge in [0.25, 0.3) is 0 Å². The molecule has 1 aromatic heterocycles. The van der Waals surface area contributed by atoms with Crippen LogP contribution in [0.15, 0.2) is 85.1 Å². The number of carbonyl (C=O) groups is 1. The molecule has 0 spiro atoms. The number of nitrogens with zero attached hydrogens (tertiary/aromatic N) is 1. The van der Waals surface area contributed by atoms with Gasteiger partial charge in [0.2, 0.25) is 5.91 Å². The second-order valence-corrected chi connectivity index (χ2v) is 10.4. The van der Waals surface area contributed by atoms with Crippen LogP contribution in [0.3, 0.4) is 0 Å². The van der Waals surface area contributed by atoms with Crippen molar-refractivity contribution >= 4 is 11.6 Å². The highest BCUT2D eigenvalue weighted by molar-refractivity contribution is 5.85. The number of aromatic nitrogens is 1. The van der Waals surface area contributed by atoms with E-state index < -0.39 is 17.7 Å². The normalized spacial score (nSPS) is 15.0. The maximum Gasteiger partial charge on any atom is 0.228 e. The maximum absolute atomic E-state index is 14.3. The van der Waals surface area contributed by atoms with Crippen LogP contribution in [0.5, 0.6) is 0 Å². The molecule has 1 unspecified atom stereocenters. The topological polar surface area (TPSA) is 54.0 Å². The van der Waals surface area contributed by atoms with Crippen molar-refractivity contribution in [1.82, 2.24) is 10.3 Å². The van der Waals surface area contributed by atoms with E-state index in [0.717, 1.165) is 37.3 Å². The Kier molecular flexibility index (Phi) is 8.48. The van der Waals surface area contributed by atoms with E-state index in [1.165, 1.54) is 18.2 Å². The predicted molar refractivity (Wildman–Crippen MR) is 151 cm³/mol. The van der Waals surface area contributed by atoms with Gasteiger partial charge < -0.3 is 10.6 Å². The molecule has 206 valence electrons. The average molecular weight is 544 g/mol. The molecule has 0 aliphatic heterocycles. The summed E-state index contributed by atoms with van der Waals surface area (Å²) in [5.74, 6) is -2.07. The molecular weight excluding hydrogens is 511 g/mol. The molecular formula is C33H32F3N3O. The zero-order chi connectivity index (χ0) is 28.1. The molecule has 2 atom stereocenters. The van der Waals surface area contributed by atoms with Gasteiger partial charge in [-0.15, -0.1) is 0 Å². The van der Waals surface area contributed by atoms with Crippen molar-refractivity contribution in [1.29, 1.82) is 0 Å². The van der Waals surface area contributed by atoms with Crippen molar-refractivity contribution in [3.05, 3.63) is 119 Å². The number of rotatable bonds is 9. The van der Waals surface area contributed by atoms with Gasteiger partial charge in [-0.2, -0.15) is 0 Å². The van der Waals surface area contributed by atoms with Gasteiger partial charge in [-0.3, -0.25) is 9.78 Å². The number of hydrogen-bond donors (Lipinski definition) is 2. The van der Waals surface area contributed by atoms with E-state index in [-0.39, 0.29) is 30.0 Å². The Hall–Kier alpha value is -4.13. The van der Waals surface area contributed by atoms with E-state index in [2.05, 4.69) is 15.6 Å². The average Bonchev–Trinajstić information content (AvgIpc) is 3.47. The molecule has 1 amide bonds. The van der Waals surface area contributed by atoms with E-state index in [9.17, 15) is 18.0 Å². The summed E-state index contributed by atoms with van der Waals surface area (Å²) in [6.45, 7) is 0. The Morgan fingerprint density at radius 2 is 1.65 bits per heavy atom. The highest BCUT2D eigenvalue weighted by Crippen LogP contribution is 2.39. The number of pyridine rings is 1. The smallest absolute Gasteiger partial charge is 0.228 e. The Labute approximate surface area is 232 Å². The Balaban J connectivity index is 1.56. The lowest BCUT2D eigenvalue weighted by molar-refractivity contribution is -0.124. The summed E-state index contributed by atoms with van der Waals surface area (Å²) in [6.07, 6.45) is 5.83. The minimum Gasteiger partial charge on any atom is -0.386 e. The number of carbonyl (C=O) groups excluding carboxylic acids is 1. The van der Waals surface area contributed by atoms with Gasteiger partial charge in [0.1, 0.15) is 17.5 Å². The zero-order valence-corrected chi connectivity index (χ0v) is 22.3. The van der Waals surface area contributed by atoms with E-state index >= 15 is 0 Å². The van der Waals surface area contributed by atoms with Crippen molar-refractivity contribution in [3.63, 3.8) is 0 Å². The molecule has 5 rings (SSSR count). The third-order valence-electron chi connectivity index (χ3n) is 7.71. The van der Waals surface area contributed by atoms with Gasteiger partial charge in [-0.25, -0.2) is 13.2 Å². The minimum atomic E-state index is -0.694. The van der Waals surface area contributed by atoms with E-state index in [1.807, 2.05) is 36.4 Å². The molecule has 1 fully saturated rings. The first-order valence-electron chi connectivity index (χ1n) is 13.7. The van der Waals surface area contributed by atoms with Crippen molar-refractivity contribution in [2.24, 2.45) is 5.92 Å².